The van der Waals surface area contributed by atoms with Gasteiger partial charge in [-0.2, -0.15) is 0 Å². The van der Waals surface area contributed by atoms with Crippen LogP contribution < -0.4 is 0 Å². The average Bonchev–Trinajstić information content (AvgIpc) is 2.41. The topological polar surface area (TPSA) is 64.0 Å². The first-order chi connectivity index (χ1) is 8.72. The molecule has 1 atom stereocenters. The normalized spacial score (nSPS) is 25.1. The van der Waals surface area contributed by atoms with E-state index in [1.807, 2.05) is 0 Å². The van der Waals surface area contributed by atoms with E-state index in [0.717, 1.165) is 13.1 Å². The van der Waals surface area contributed by atoms with Gasteiger partial charge in [0.1, 0.15) is 0 Å². The molecule has 1 aliphatic carbocycles. The van der Waals surface area contributed by atoms with Crippen LogP contribution in [0.4, 0.5) is 4.79 Å². The summed E-state index contributed by atoms with van der Waals surface area (Å²) >= 11 is 0. The van der Waals surface area contributed by atoms with Crippen molar-refractivity contribution in [1.29, 1.82) is 0 Å². The number of aliphatic hydroxyl groups is 1. The maximum Gasteiger partial charge on any atom is 0.407 e. The zero-order chi connectivity index (χ0) is 13.0. The average molecular weight is 256 g/mol. The molecule has 1 heterocycles. The molecule has 0 bridgehead atoms. The molecule has 1 aliphatic heterocycles. The van der Waals surface area contributed by atoms with E-state index in [9.17, 15) is 9.90 Å². The zero-order valence-electron chi connectivity index (χ0n) is 10.9. The molecule has 18 heavy (non-hydrogen) atoms. The summed E-state index contributed by atoms with van der Waals surface area (Å²) in [4.78, 5) is 14.6. The summed E-state index contributed by atoms with van der Waals surface area (Å²) in [6.45, 7) is 2.86. The second kappa shape index (κ2) is 6.38. The Bertz CT molecular complexity index is 271. The summed E-state index contributed by atoms with van der Waals surface area (Å²) in [5, 5.41) is 18.6. The third-order valence-corrected chi connectivity index (χ3v) is 4.43. The van der Waals surface area contributed by atoms with Gasteiger partial charge < -0.3 is 15.1 Å². The predicted molar refractivity (Wildman–Crippen MR) is 68.6 cm³/mol. The SMILES string of the molecule is O=C(O)N1CCN(C(CO)C2CCCCC2)CC1. The lowest BCUT2D eigenvalue weighted by atomic mass is 9.83. The molecular weight excluding hydrogens is 232 g/mol. The number of nitrogens with zero attached hydrogens (tertiary/aromatic N) is 2. The number of rotatable bonds is 3. The maximum absolute atomic E-state index is 10.9. The van der Waals surface area contributed by atoms with Crippen LogP contribution >= 0.6 is 0 Å². The van der Waals surface area contributed by atoms with Crippen molar-refractivity contribution < 1.29 is 15.0 Å². The molecule has 1 amide bonds. The second-order valence-corrected chi connectivity index (χ2v) is 5.45. The maximum atomic E-state index is 10.9. The van der Waals surface area contributed by atoms with E-state index in [2.05, 4.69) is 4.90 Å². The van der Waals surface area contributed by atoms with Crippen LogP contribution in [-0.2, 0) is 0 Å². The van der Waals surface area contributed by atoms with Gasteiger partial charge in [-0.3, -0.25) is 4.90 Å². The van der Waals surface area contributed by atoms with Crippen LogP contribution in [0.25, 0.3) is 0 Å². The molecule has 0 spiro atoms. The Labute approximate surface area is 108 Å². The minimum absolute atomic E-state index is 0.206. The first-order valence-electron chi connectivity index (χ1n) is 7.05. The Kier molecular flexibility index (Phi) is 4.83. The van der Waals surface area contributed by atoms with Crippen molar-refractivity contribution in [3.8, 4) is 0 Å². The van der Waals surface area contributed by atoms with Crippen molar-refractivity contribution in [2.45, 2.75) is 38.1 Å². The van der Waals surface area contributed by atoms with Gasteiger partial charge in [0, 0.05) is 32.2 Å². The van der Waals surface area contributed by atoms with Gasteiger partial charge in [0.2, 0.25) is 0 Å². The third-order valence-electron chi connectivity index (χ3n) is 4.43. The Morgan fingerprint density at radius 2 is 1.72 bits per heavy atom. The van der Waals surface area contributed by atoms with Crippen molar-refractivity contribution in [2.24, 2.45) is 5.92 Å². The molecule has 0 aromatic carbocycles. The summed E-state index contributed by atoms with van der Waals surface area (Å²) in [6, 6.07) is 0.237. The first kappa shape index (κ1) is 13.6. The molecule has 104 valence electrons. The lowest BCUT2D eigenvalue weighted by molar-refractivity contribution is 0.0288. The van der Waals surface area contributed by atoms with Gasteiger partial charge in [0.25, 0.3) is 0 Å². The Morgan fingerprint density at radius 1 is 1.11 bits per heavy atom. The molecule has 2 fully saturated rings. The summed E-state index contributed by atoms with van der Waals surface area (Å²) in [7, 11) is 0. The fraction of sp³-hybridized carbons (Fsp3) is 0.923. The number of aliphatic hydroxyl groups excluding tert-OH is 1. The number of carbonyl (C=O) groups is 1. The quantitative estimate of drug-likeness (QED) is 0.797. The second-order valence-electron chi connectivity index (χ2n) is 5.45. The van der Waals surface area contributed by atoms with E-state index in [0.29, 0.717) is 19.0 Å². The van der Waals surface area contributed by atoms with E-state index >= 15 is 0 Å². The molecule has 1 saturated carbocycles. The lowest BCUT2D eigenvalue weighted by Crippen LogP contribution is -2.54. The van der Waals surface area contributed by atoms with E-state index in [1.54, 1.807) is 0 Å². The Morgan fingerprint density at radius 3 is 2.22 bits per heavy atom. The Balaban J connectivity index is 1.87. The van der Waals surface area contributed by atoms with Crippen molar-refractivity contribution in [3.63, 3.8) is 0 Å². The lowest BCUT2D eigenvalue weighted by Gasteiger charge is -2.42. The highest BCUT2D eigenvalue weighted by atomic mass is 16.4. The molecular formula is C13H24N2O3. The van der Waals surface area contributed by atoms with Crippen LogP contribution in [0.1, 0.15) is 32.1 Å². The fourth-order valence-corrected chi connectivity index (χ4v) is 3.33. The van der Waals surface area contributed by atoms with Crippen LogP contribution in [0.5, 0.6) is 0 Å². The van der Waals surface area contributed by atoms with Crippen LogP contribution in [0, 0.1) is 5.92 Å². The largest absolute Gasteiger partial charge is 0.465 e. The monoisotopic (exact) mass is 256 g/mol. The summed E-state index contributed by atoms with van der Waals surface area (Å²) in [5.74, 6) is 0.597. The molecule has 2 rings (SSSR count). The molecule has 2 N–H and O–H groups in total. The molecule has 1 saturated heterocycles. The van der Waals surface area contributed by atoms with Gasteiger partial charge >= 0.3 is 6.09 Å². The number of amides is 1. The number of hydrogen-bond donors (Lipinski definition) is 2. The summed E-state index contributed by atoms with van der Waals surface area (Å²) < 4.78 is 0. The van der Waals surface area contributed by atoms with Gasteiger partial charge in [-0.25, -0.2) is 4.79 Å². The molecule has 0 radical (unpaired) electrons. The van der Waals surface area contributed by atoms with E-state index < -0.39 is 6.09 Å². The van der Waals surface area contributed by atoms with Crippen LogP contribution in [-0.4, -0.2) is 64.9 Å². The molecule has 0 aromatic rings. The minimum Gasteiger partial charge on any atom is -0.465 e. The van der Waals surface area contributed by atoms with Crippen molar-refractivity contribution in [2.75, 3.05) is 32.8 Å². The van der Waals surface area contributed by atoms with Crippen LogP contribution in [0.15, 0.2) is 0 Å². The highest BCUT2D eigenvalue weighted by Gasteiger charge is 2.31. The first-order valence-corrected chi connectivity index (χ1v) is 7.05. The van der Waals surface area contributed by atoms with Gasteiger partial charge in [-0.1, -0.05) is 19.3 Å². The summed E-state index contributed by atoms with van der Waals surface area (Å²) in [6.07, 6.45) is 5.47. The van der Waals surface area contributed by atoms with Gasteiger partial charge in [-0.05, 0) is 18.8 Å². The number of carboxylic acid groups (broad SMARTS) is 1. The van der Waals surface area contributed by atoms with Crippen LogP contribution in [0.3, 0.4) is 0 Å². The zero-order valence-corrected chi connectivity index (χ0v) is 10.9. The van der Waals surface area contributed by atoms with Gasteiger partial charge in [0.05, 0.1) is 6.61 Å². The fourth-order valence-electron chi connectivity index (χ4n) is 3.33. The smallest absolute Gasteiger partial charge is 0.407 e. The molecule has 5 nitrogen and oxygen atoms in total. The highest BCUT2D eigenvalue weighted by molar-refractivity contribution is 5.65. The van der Waals surface area contributed by atoms with Gasteiger partial charge in [-0.15, -0.1) is 0 Å². The molecule has 1 unspecified atom stereocenters. The van der Waals surface area contributed by atoms with Crippen molar-refractivity contribution in [3.05, 3.63) is 0 Å². The number of piperazine rings is 1. The van der Waals surface area contributed by atoms with Crippen molar-refractivity contribution in [1.82, 2.24) is 9.80 Å². The number of hydrogen-bond acceptors (Lipinski definition) is 3. The van der Waals surface area contributed by atoms with Crippen molar-refractivity contribution >= 4 is 6.09 Å². The molecule has 2 aliphatic rings. The molecule has 5 heteroatoms. The summed E-state index contributed by atoms with van der Waals surface area (Å²) in [5.41, 5.74) is 0. The minimum atomic E-state index is -0.826. The van der Waals surface area contributed by atoms with E-state index in [-0.39, 0.29) is 12.6 Å². The van der Waals surface area contributed by atoms with Gasteiger partial charge in [0.15, 0.2) is 0 Å². The highest BCUT2D eigenvalue weighted by Crippen LogP contribution is 2.29. The molecule has 0 aromatic heterocycles. The van der Waals surface area contributed by atoms with Crippen LogP contribution in [0.2, 0.25) is 0 Å². The van der Waals surface area contributed by atoms with E-state index in [4.69, 9.17) is 5.11 Å². The standard InChI is InChI=1S/C13H24N2O3/c16-10-12(11-4-2-1-3-5-11)14-6-8-15(9-7-14)13(17)18/h11-12,16H,1-10H2,(H,17,18). The Hall–Kier alpha value is -0.810. The predicted octanol–water partition coefficient (Wildman–Crippen LogP) is 1.22. The van der Waals surface area contributed by atoms with E-state index in [1.165, 1.54) is 37.0 Å². The third kappa shape index (κ3) is 3.14.